The average Bonchev–Trinajstić information content (AvgIpc) is 3.27. The Hall–Kier alpha value is -2.50. The second-order valence-corrected chi connectivity index (χ2v) is 11.3. The second kappa shape index (κ2) is 12.8. The predicted octanol–water partition coefficient (Wildman–Crippen LogP) is 7.50. The number of esters is 1. The highest BCUT2D eigenvalue weighted by molar-refractivity contribution is 5.79. The number of hydrogen-bond acceptors (Lipinski definition) is 6. The number of nitrogens with zero attached hydrogens (tertiary/aromatic N) is 1. The molecule has 0 saturated heterocycles. The molecular weight excluding hydrogens is 466 g/mol. The fourth-order valence-electron chi connectivity index (χ4n) is 5.70. The number of rotatable bonds is 11. The molecule has 4 rings (SSSR count). The van der Waals surface area contributed by atoms with Crippen LogP contribution < -0.4 is 9.47 Å². The molecule has 1 heterocycles. The molecule has 204 valence electrons. The summed E-state index contributed by atoms with van der Waals surface area (Å²) in [7, 11) is 0. The van der Waals surface area contributed by atoms with Gasteiger partial charge in [0, 0.05) is 12.3 Å². The van der Waals surface area contributed by atoms with Crippen LogP contribution in [-0.4, -0.2) is 29.8 Å². The Morgan fingerprint density at radius 2 is 1.76 bits per heavy atom. The Morgan fingerprint density at radius 3 is 2.46 bits per heavy atom. The van der Waals surface area contributed by atoms with Crippen molar-refractivity contribution in [1.29, 1.82) is 0 Å². The number of aryl methyl sites for hydroxylation is 1. The molecule has 0 aliphatic heterocycles. The normalized spacial score (nSPS) is 17.5. The maximum absolute atomic E-state index is 12.5. The van der Waals surface area contributed by atoms with E-state index in [1.807, 2.05) is 26.0 Å². The van der Waals surface area contributed by atoms with Gasteiger partial charge in [-0.1, -0.05) is 51.4 Å². The monoisotopic (exact) mass is 511 g/mol. The van der Waals surface area contributed by atoms with E-state index >= 15 is 0 Å². The summed E-state index contributed by atoms with van der Waals surface area (Å²) in [5.41, 5.74) is 1.04. The van der Waals surface area contributed by atoms with E-state index < -0.39 is 5.60 Å². The molecule has 2 aliphatic rings. The van der Waals surface area contributed by atoms with Crippen molar-refractivity contribution >= 4 is 5.97 Å². The van der Waals surface area contributed by atoms with Crippen molar-refractivity contribution in [3.63, 3.8) is 0 Å². The quantitative estimate of drug-likeness (QED) is 0.291. The molecule has 2 aliphatic carbocycles. The van der Waals surface area contributed by atoms with Crippen LogP contribution in [0.1, 0.15) is 114 Å². The molecule has 0 amide bonds. The molecule has 2 saturated carbocycles. The highest BCUT2D eigenvalue weighted by Gasteiger charge is 2.32. The molecule has 0 unspecified atom stereocenters. The van der Waals surface area contributed by atoms with Crippen molar-refractivity contribution in [2.24, 2.45) is 5.92 Å². The molecule has 1 aromatic heterocycles. The van der Waals surface area contributed by atoms with Gasteiger partial charge in [0.25, 0.3) is 0 Å². The third-order valence-corrected chi connectivity index (χ3v) is 7.87. The molecule has 6 nitrogen and oxygen atoms in total. The lowest BCUT2D eigenvalue weighted by atomic mass is 9.84. The molecular formula is C31H45NO5. The SMILES string of the molecule is CCOC(=O)C(C)(C)Oc1ccc(OCCc2nc(C3CCCCC3)oc2C)cc1CC1CCCCC1. The van der Waals surface area contributed by atoms with Crippen LogP contribution in [0.5, 0.6) is 11.5 Å². The van der Waals surface area contributed by atoms with Gasteiger partial charge in [-0.25, -0.2) is 9.78 Å². The number of benzene rings is 1. The molecule has 1 aromatic carbocycles. The van der Waals surface area contributed by atoms with Crippen LogP contribution in [-0.2, 0) is 22.4 Å². The summed E-state index contributed by atoms with van der Waals surface area (Å²) in [5.74, 6) is 4.12. The predicted molar refractivity (Wildman–Crippen MR) is 144 cm³/mol. The van der Waals surface area contributed by atoms with E-state index in [9.17, 15) is 4.79 Å². The number of carbonyl (C=O) groups excluding carboxylic acids is 1. The lowest BCUT2D eigenvalue weighted by molar-refractivity contribution is -0.158. The van der Waals surface area contributed by atoms with E-state index in [-0.39, 0.29) is 5.97 Å². The van der Waals surface area contributed by atoms with Crippen LogP contribution in [0.25, 0.3) is 0 Å². The number of ether oxygens (including phenoxy) is 3. The van der Waals surface area contributed by atoms with E-state index in [2.05, 4.69) is 6.07 Å². The lowest BCUT2D eigenvalue weighted by Crippen LogP contribution is -2.40. The van der Waals surface area contributed by atoms with E-state index in [0.29, 0.717) is 31.5 Å². The van der Waals surface area contributed by atoms with Gasteiger partial charge in [-0.2, -0.15) is 0 Å². The van der Waals surface area contributed by atoms with Crippen LogP contribution in [0.3, 0.4) is 0 Å². The van der Waals surface area contributed by atoms with Gasteiger partial charge in [0.2, 0.25) is 0 Å². The van der Waals surface area contributed by atoms with E-state index in [0.717, 1.165) is 40.8 Å². The first-order valence-corrected chi connectivity index (χ1v) is 14.4. The molecule has 0 bridgehead atoms. The summed E-state index contributed by atoms with van der Waals surface area (Å²) in [6.07, 6.45) is 14.2. The van der Waals surface area contributed by atoms with Crippen LogP contribution in [0, 0.1) is 12.8 Å². The molecule has 2 aromatic rings. The second-order valence-electron chi connectivity index (χ2n) is 11.3. The van der Waals surface area contributed by atoms with Gasteiger partial charge in [-0.05, 0) is 76.6 Å². The van der Waals surface area contributed by atoms with Gasteiger partial charge < -0.3 is 18.6 Å². The van der Waals surface area contributed by atoms with Crippen molar-refractivity contribution in [3.05, 3.63) is 41.1 Å². The van der Waals surface area contributed by atoms with Crippen LogP contribution >= 0.6 is 0 Å². The first-order chi connectivity index (χ1) is 17.9. The first kappa shape index (κ1) is 27.5. The molecule has 37 heavy (non-hydrogen) atoms. The topological polar surface area (TPSA) is 70.8 Å². The summed E-state index contributed by atoms with van der Waals surface area (Å²) >= 11 is 0. The minimum atomic E-state index is -1.06. The van der Waals surface area contributed by atoms with Gasteiger partial charge >= 0.3 is 5.97 Å². The van der Waals surface area contributed by atoms with Crippen LogP contribution in [0.15, 0.2) is 22.6 Å². The highest BCUT2D eigenvalue weighted by atomic mass is 16.6. The summed E-state index contributed by atoms with van der Waals surface area (Å²) < 4.78 is 23.7. The van der Waals surface area contributed by atoms with Crippen molar-refractivity contribution in [2.75, 3.05) is 13.2 Å². The maximum atomic E-state index is 12.5. The minimum absolute atomic E-state index is 0.334. The van der Waals surface area contributed by atoms with Gasteiger partial charge in [-0.3, -0.25) is 0 Å². The summed E-state index contributed by atoms with van der Waals surface area (Å²) in [4.78, 5) is 17.3. The largest absolute Gasteiger partial charge is 0.493 e. The van der Waals surface area contributed by atoms with Crippen molar-refractivity contribution in [1.82, 2.24) is 4.98 Å². The average molecular weight is 512 g/mol. The first-order valence-electron chi connectivity index (χ1n) is 14.4. The molecule has 0 spiro atoms. The van der Waals surface area contributed by atoms with Crippen LogP contribution in [0.2, 0.25) is 0 Å². The van der Waals surface area contributed by atoms with Gasteiger partial charge in [0.05, 0.1) is 18.9 Å². The van der Waals surface area contributed by atoms with E-state index in [4.69, 9.17) is 23.6 Å². The minimum Gasteiger partial charge on any atom is -0.493 e. The van der Waals surface area contributed by atoms with E-state index in [1.165, 1.54) is 64.2 Å². The zero-order valence-corrected chi connectivity index (χ0v) is 23.3. The molecule has 0 atom stereocenters. The van der Waals surface area contributed by atoms with Gasteiger partial charge in [0.1, 0.15) is 17.3 Å². The zero-order chi connectivity index (χ0) is 26.3. The molecule has 6 heteroatoms. The summed E-state index contributed by atoms with van der Waals surface area (Å²) in [6, 6.07) is 5.97. The molecule has 0 radical (unpaired) electrons. The number of hydrogen-bond donors (Lipinski definition) is 0. The Morgan fingerprint density at radius 1 is 1.05 bits per heavy atom. The Labute approximate surface area is 222 Å². The Balaban J connectivity index is 1.42. The summed E-state index contributed by atoms with van der Waals surface area (Å²) in [6.45, 7) is 8.22. The lowest BCUT2D eigenvalue weighted by Gasteiger charge is -2.27. The number of oxazole rings is 1. The van der Waals surface area contributed by atoms with Crippen LogP contribution in [0.4, 0.5) is 0 Å². The third-order valence-electron chi connectivity index (χ3n) is 7.87. The smallest absolute Gasteiger partial charge is 0.349 e. The molecule has 2 fully saturated rings. The van der Waals surface area contributed by atoms with Crippen molar-refractivity contribution < 1.29 is 23.4 Å². The number of carbonyl (C=O) groups is 1. The Kier molecular flexibility index (Phi) is 9.55. The molecule has 0 N–H and O–H groups in total. The zero-order valence-electron chi connectivity index (χ0n) is 23.3. The Bertz CT molecular complexity index is 1010. The van der Waals surface area contributed by atoms with Gasteiger partial charge in [-0.15, -0.1) is 0 Å². The summed E-state index contributed by atoms with van der Waals surface area (Å²) in [5, 5.41) is 0. The van der Waals surface area contributed by atoms with E-state index in [1.54, 1.807) is 13.8 Å². The maximum Gasteiger partial charge on any atom is 0.349 e. The highest BCUT2D eigenvalue weighted by Crippen LogP contribution is 2.35. The van der Waals surface area contributed by atoms with Crippen molar-refractivity contribution in [2.45, 2.75) is 116 Å². The number of aromatic nitrogens is 1. The standard InChI is InChI=1S/C31H45NO5/c1-5-34-30(33)31(3,4)37-28-17-16-26(21-25(28)20-23-12-8-6-9-13-23)35-19-18-27-22(2)36-29(32-27)24-14-10-7-11-15-24/h16-17,21,23-24H,5-15,18-20H2,1-4H3. The third kappa shape index (κ3) is 7.52. The van der Waals surface area contributed by atoms with Crippen molar-refractivity contribution in [3.8, 4) is 11.5 Å². The van der Waals surface area contributed by atoms with Gasteiger partial charge in [0.15, 0.2) is 11.5 Å². The fourth-order valence-corrected chi connectivity index (χ4v) is 5.70. The fraction of sp³-hybridized carbons (Fsp3) is 0.677.